The summed E-state index contributed by atoms with van der Waals surface area (Å²) in [5, 5.41) is 19.8. The minimum atomic E-state index is -1.58. The van der Waals surface area contributed by atoms with Gasteiger partial charge in [-0.15, -0.1) is 0 Å². The van der Waals surface area contributed by atoms with Crippen molar-refractivity contribution in [1.82, 2.24) is 4.57 Å². The van der Waals surface area contributed by atoms with Crippen molar-refractivity contribution < 1.29 is 28.3 Å². The topological polar surface area (TPSA) is 112 Å². The highest BCUT2D eigenvalue weighted by Gasteiger charge is 2.29. The minimum absolute atomic E-state index is 0.0187. The fourth-order valence-electron chi connectivity index (χ4n) is 2.84. The molecule has 10 heteroatoms. The van der Waals surface area contributed by atoms with Gasteiger partial charge in [0.05, 0.1) is 16.0 Å². The second kappa shape index (κ2) is 5.09. The molecule has 0 saturated heterocycles. The highest BCUT2D eigenvalue weighted by molar-refractivity contribution is 5.96. The van der Waals surface area contributed by atoms with Crippen molar-refractivity contribution in [2.75, 3.05) is 0 Å². The molecule has 0 atom stereocenters. The van der Waals surface area contributed by atoms with Crippen LogP contribution in [0.1, 0.15) is 10.4 Å². The van der Waals surface area contributed by atoms with Crippen LogP contribution in [0.5, 0.6) is 11.5 Å². The first-order valence-corrected chi connectivity index (χ1v) is 7.07. The summed E-state index contributed by atoms with van der Waals surface area (Å²) in [7, 11) is 0. The first kappa shape index (κ1) is 15.7. The molecule has 0 radical (unpaired) electrons. The van der Waals surface area contributed by atoms with Crippen molar-refractivity contribution in [3.63, 3.8) is 0 Å². The van der Waals surface area contributed by atoms with Gasteiger partial charge in [0.1, 0.15) is 11.1 Å². The Morgan fingerprint density at radius 2 is 2.00 bits per heavy atom. The summed E-state index contributed by atoms with van der Waals surface area (Å²) < 4.78 is 34.4. The van der Waals surface area contributed by atoms with Gasteiger partial charge in [-0.2, -0.15) is 4.39 Å². The van der Waals surface area contributed by atoms with Crippen LogP contribution < -0.4 is 10.2 Å². The van der Waals surface area contributed by atoms with E-state index in [1.165, 1.54) is 6.07 Å². The van der Waals surface area contributed by atoms with Gasteiger partial charge >= 0.3 is 5.97 Å². The number of fused-ring (bicyclic) bond motifs is 2. The molecule has 0 spiro atoms. The second-order valence-electron chi connectivity index (χ2n) is 5.46. The molecule has 0 saturated carbocycles. The van der Waals surface area contributed by atoms with Crippen LogP contribution in [0.25, 0.3) is 16.6 Å². The largest absolute Gasteiger partial charge is 0.477 e. The quantitative estimate of drug-likeness (QED) is 0.434. The molecular weight excluding hydrogens is 354 g/mol. The van der Waals surface area contributed by atoms with Crippen molar-refractivity contribution in [1.29, 1.82) is 0 Å². The van der Waals surface area contributed by atoms with E-state index in [0.717, 1.165) is 22.9 Å². The molecule has 4 rings (SSSR count). The molecule has 1 aromatic heterocycles. The van der Waals surface area contributed by atoms with Crippen molar-refractivity contribution in [2.45, 2.75) is 0 Å². The van der Waals surface area contributed by atoms with Crippen LogP contribution in [0.3, 0.4) is 0 Å². The van der Waals surface area contributed by atoms with Gasteiger partial charge in [-0.3, -0.25) is 14.9 Å². The second-order valence-corrected chi connectivity index (χ2v) is 5.46. The van der Waals surface area contributed by atoms with Crippen molar-refractivity contribution in [2.24, 2.45) is 0 Å². The van der Waals surface area contributed by atoms with Crippen LogP contribution in [0.15, 0.2) is 35.3 Å². The lowest BCUT2D eigenvalue weighted by Crippen LogP contribution is -2.21. The number of nitro groups is 1. The molecule has 1 N–H and O–H groups in total. The van der Waals surface area contributed by atoms with Gasteiger partial charge in [-0.05, 0) is 12.1 Å². The van der Waals surface area contributed by atoms with Crippen LogP contribution >= 0.6 is 0 Å². The molecule has 0 aliphatic carbocycles. The highest BCUT2D eigenvalue weighted by atomic mass is 19.2. The molecule has 2 aromatic carbocycles. The molecular formula is C16H6F2N2O6. The molecule has 26 heavy (non-hydrogen) atoms. The fourth-order valence-corrected chi connectivity index (χ4v) is 2.84. The van der Waals surface area contributed by atoms with Gasteiger partial charge in [0.2, 0.25) is 11.2 Å². The molecule has 0 unspecified atom stereocenters. The smallest absolute Gasteiger partial charge is 0.341 e. The number of pyridine rings is 1. The number of aromatic carboxylic acids is 1. The van der Waals surface area contributed by atoms with Gasteiger partial charge in [-0.25, -0.2) is 9.18 Å². The number of carboxylic acid groups (broad SMARTS) is 1. The fraction of sp³-hybridized carbons (Fsp3) is 0. The van der Waals surface area contributed by atoms with Crippen LogP contribution in [0, 0.1) is 21.7 Å². The summed E-state index contributed by atoms with van der Waals surface area (Å²) in [4.78, 5) is 34.0. The molecule has 130 valence electrons. The Morgan fingerprint density at radius 1 is 1.27 bits per heavy atom. The maximum absolute atomic E-state index is 14.2. The number of halogens is 2. The van der Waals surface area contributed by atoms with E-state index < -0.39 is 44.7 Å². The number of rotatable bonds is 2. The number of ether oxygens (including phenoxy) is 1. The van der Waals surface area contributed by atoms with E-state index in [4.69, 9.17) is 4.74 Å². The van der Waals surface area contributed by atoms with Crippen LogP contribution in [-0.2, 0) is 0 Å². The van der Waals surface area contributed by atoms with E-state index in [-0.39, 0.29) is 22.6 Å². The molecule has 0 fully saturated rings. The van der Waals surface area contributed by atoms with Crippen LogP contribution in [-0.4, -0.2) is 20.6 Å². The average Bonchev–Trinajstić information content (AvgIpc) is 2.60. The molecule has 0 amide bonds. The number of non-ortho nitro benzene ring substituents is 1. The number of carbonyl (C=O) groups is 1. The zero-order chi connectivity index (χ0) is 18.7. The van der Waals surface area contributed by atoms with Gasteiger partial charge in [0.25, 0.3) is 5.69 Å². The SMILES string of the molecule is O=C(O)c1cn2c3c(c(F)c(F)cc3c1=O)Oc1ccc([N+](=O)[O-])cc1-2. The summed E-state index contributed by atoms with van der Waals surface area (Å²) in [5.74, 6) is -4.99. The van der Waals surface area contributed by atoms with E-state index in [1.807, 2.05) is 0 Å². The number of carboxylic acids is 1. The zero-order valence-corrected chi connectivity index (χ0v) is 12.5. The Labute approximate surface area is 141 Å². The Hall–Kier alpha value is -3.82. The van der Waals surface area contributed by atoms with Gasteiger partial charge in [0.15, 0.2) is 17.3 Å². The van der Waals surface area contributed by atoms with Crippen molar-refractivity contribution >= 4 is 22.6 Å². The number of nitrogens with zero attached hydrogens (tertiary/aromatic N) is 2. The number of benzene rings is 2. The molecule has 8 nitrogen and oxygen atoms in total. The Balaban J connectivity index is 2.22. The monoisotopic (exact) mass is 360 g/mol. The maximum Gasteiger partial charge on any atom is 0.341 e. The summed E-state index contributed by atoms with van der Waals surface area (Å²) in [6, 6.07) is 3.92. The maximum atomic E-state index is 14.2. The normalized spacial score (nSPS) is 11.8. The number of aromatic nitrogens is 1. The predicted molar refractivity (Wildman–Crippen MR) is 83.1 cm³/mol. The summed E-state index contributed by atoms with van der Waals surface area (Å²) >= 11 is 0. The molecule has 1 aliphatic rings. The lowest BCUT2D eigenvalue weighted by molar-refractivity contribution is -0.384. The average molecular weight is 360 g/mol. The van der Waals surface area contributed by atoms with Gasteiger partial charge in [-0.1, -0.05) is 0 Å². The highest BCUT2D eigenvalue weighted by Crippen LogP contribution is 2.42. The molecule has 0 bridgehead atoms. The first-order chi connectivity index (χ1) is 12.3. The van der Waals surface area contributed by atoms with Crippen LogP contribution in [0.4, 0.5) is 14.5 Å². The number of nitro benzene ring substituents is 1. The number of hydrogen-bond acceptors (Lipinski definition) is 5. The van der Waals surface area contributed by atoms with Gasteiger partial charge in [0, 0.05) is 18.3 Å². The van der Waals surface area contributed by atoms with Crippen molar-refractivity contribution in [3.8, 4) is 17.2 Å². The Morgan fingerprint density at radius 3 is 2.65 bits per heavy atom. The third-order valence-electron chi connectivity index (χ3n) is 3.99. The van der Waals surface area contributed by atoms with Crippen molar-refractivity contribution in [3.05, 3.63) is 68.0 Å². The molecule has 3 aromatic rings. The summed E-state index contributed by atoms with van der Waals surface area (Å²) in [5.41, 5.74) is -2.26. The van der Waals surface area contributed by atoms with E-state index in [0.29, 0.717) is 6.07 Å². The van der Waals surface area contributed by atoms with Crippen LogP contribution in [0.2, 0.25) is 0 Å². The summed E-state index contributed by atoms with van der Waals surface area (Å²) in [6.07, 6.45) is 0.902. The van der Waals surface area contributed by atoms with Gasteiger partial charge < -0.3 is 14.4 Å². The zero-order valence-electron chi connectivity index (χ0n) is 12.5. The first-order valence-electron chi connectivity index (χ1n) is 7.07. The molecule has 2 heterocycles. The standard InChI is InChI=1S/C16H6F2N2O6/c17-9-4-7-13-15(12(9)18)26-11-2-1-6(20(24)25)3-10(11)19(13)5-8(14(7)21)16(22)23/h1-5H,(H,22,23). The van der Waals surface area contributed by atoms with E-state index in [1.54, 1.807) is 0 Å². The van der Waals surface area contributed by atoms with E-state index in [9.17, 15) is 33.6 Å². The Kier molecular flexibility index (Phi) is 3.07. The lowest BCUT2D eigenvalue weighted by Gasteiger charge is -2.23. The molecule has 1 aliphatic heterocycles. The third-order valence-corrected chi connectivity index (χ3v) is 3.99. The third kappa shape index (κ3) is 1.98. The number of hydrogen-bond donors (Lipinski definition) is 1. The Bertz CT molecular complexity index is 1220. The van der Waals surface area contributed by atoms with E-state index >= 15 is 0 Å². The van der Waals surface area contributed by atoms with E-state index in [2.05, 4.69) is 0 Å². The minimum Gasteiger partial charge on any atom is -0.477 e. The lowest BCUT2D eigenvalue weighted by atomic mass is 10.1. The predicted octanol–water partition coefficient (Wildman–Crippen LogP) is 2.98. The summed E-state index contributed by atoms with van der Waals surface area (Å²) in [6.45, 7) is 0.